The first kappa shape index (κ1) is 12.2. The molecule has 110 valence electrons. The number of ketones is 1. The molecule has 1 spiro atoms. The summed E-state index contributed by atoms with van der Waals surface area (Å²) in [5.41, 5.74) is 4.03. The average molecular weight is 283 g/mol. The SMILES string of the molecule is Cc1ccc2c3c1O[C@H]1C(=O)CCC4[C@@H](C2)N(C)CC[C@@]341. The smallest absolute Gasteiger partial charge is 0.174 e. The van der Waals surface area contributed by atoms with Crippen molar-refractivity contribution in [1.29, 1.82) is 0 Å². The van der Waals surface area contributed by atoms with E-state index in [4.69, 9.17) is 4.74 Å². The molecule has 0 amide bonds. The Hall–Kier alpha value is -1.35. The van der Waals surface area contributed by atoms with Gasteiger partial charge in [0.15, 0.2) is 11.9 Å². The van der Waals surface area contributed by atoms with Crippen molar-refractivity contribution in [3.05, 3.63) is 28.8 Å². The van der Waals surface area contributed by atoms with Gasteiger partial charge in [0.2, 0.25) is 0 Å². The molecule has 1 saturated carbocycles. The van der Waals surface area contributed by atoms with E-state index >= 15 is 0 Å². The summed E-state index contributed by atoms with van der Waals surface area (Å²) in [4.78, 5) is 15.1. The number of ether oxygens (including phenoxy) is 1. The number of Topliss-reactive ketones (excluding diaryl/α,β-unsaturated/α-hetero) is 1. The van der Waals surface area contributed by atoms with Gasteiger partial charge < -0.3 is 9.64 Å². The molecule has 3 nitrogen and oxygen atoms in total. The van der Waals surface area contributed by atoms with E-state index < -0.39 is 0 Å². The average Bonchev–Trinajstić information content (AvgIpc) is 2.83. The third-order valence-electron chi connectivity index (χ3n) is 6.60. The quantitative estimate of drug-likeness (QED) is 0.731. The van der Waals surface area contributed by atoms with Crippen molar-refractivity contribution in [2.75, 3.05) is 13.6 Å². The lowest BCUT2D eigenvalue weighted by atomic mass is 9.51. The van der Waals surface area contributed by atoms with Gasteiger partial charge in [0.25, 0.3) is 0 Å². The summed E-state index contributed by atoms with van der Waals surface area (Å²) >= 11 is 0. The topological polar surface area (TPSA) is 29.5 Å². The number of hydrogen-bond acceptors (Lipinski definition) is 3. The van der Waals surface area contributed by atoms with Crippen LogP contribution in [0.1, 0.15) is 36.0 Å². The maximum Gasteiger partial charge on any atom is 0.174 e. The first-order valence-corrected chi connectivity index (χ1v) is 8.15. The van der Waals surface area contributed by atoms with Crippen LogP contribution in [0.5, 0.6) is 5.75 Å². The van der Waals surface area contributed by atoms with Gasteiger partial charge in [0.1, 0.15) is 5.75 Å². The summed E-state index contributed by atoms with van der Waals surface area (Å²) in [7, 11) is 2.25. The molecule has 21 heavy (non-hydrogen) atoms. The molecule has 2 fully saturated rings. The van der Waals surface area contributed by atoms with Gasteiger partial charge in [0.05, 0.1) is 0 Å². The fourth-order valence-electron chi connectivity index (χ4n) is 5.67. The van der Waals surface area contributed by atoms with Crippen molar-refractivity contribution in [2.45, 2.75) is 50.2 Å². The number of carbonyl (C=O) groups is 1. The van der Waals surface area contributed by atoms with E-state index in [-0.39, 0.29) is 11.5 Å². The van der Waals surface area contributed by atoms with E-state index in [1.165, 1.54) is 16.7 Å². The second-order valence-corrected chi connectivity index (χ2v) is 7.40. The second kappa shape index (κ2) is 3.70. The maximum atomic E-state index is 12.6. The van der Waals surface area contributed by atoms with Gasteiger partial charge in [-0.15, -0.1) is 0 Å². The lowest BCUT2D eigenvalue weighted by molar-refractivity contribution is -0.138. The Morgan fingerprint density at radius 3 is 3.10 bits per heavy atom. The number of likely N-dealkylation sites (tertiary alicyclic amines) is 1. The number of nitrogens with zero attached hydrogens (tertiary/aromatic N) is 1. The van der Waals surface area contributed by atoms with Gasteiger partial charge >= 0.3 is 0 Å². The Labute approximate surface area is 125 Å². The second-order valence-electron chi connectivity index (χ2n) is 7.40. The largest absolute Gasteiger partial charge is 0.481 e. The van der Waals surface area contributed by atoms with E-state index in [9.17, 15) is 4.79 Å². The molecule has 0 aromatic heterocycles. The number of piperidine rings is 1. The van der Waals surface area contributed by atoms with Crippen LogP contribution in [-0.4, -0.2) is 36.4 Å². The minimum absolute atomic E-state index is 0.0125. The van der Waals surface area contributed by atoms with E-state index in [2.05, 4.69) is 31.0 Å². The van der Waals surface area contributed by atoms with Crippen LogP contribution >= 0.6 is 0 Å². The molecule has 4 atom stereocenters. The first-order chi connectivity index (χ1) is 10.1. The molecule has 3 heteroatoms. The number of carbonyl (C=O) groups excluding carboxylic acids is 1. The van der Waals surface area contributed by atoms with Crippen LogP contribution in [0.3, 0.4) is 0 Å². The third-order valence-corrected chi connectivity index (χ3v) is 6.60. The van der Waals surface area contributed by atoms with Crippen molar-refractivity contribution in [2.24, 2.45) is 5.92 Å². The van der Waals surface area contributed by atoms with Gasteiger partial charge in [-0.25, -0.2) is 0 Å². The zero-order valence-corrected chi connectivity index (χ0v) is 12.7. The summed E-state index contributed by atoms with van der Waals surface area (Å²) in [5.74, 6) is 1.97. The summed E-state index contributed by atoms with van der Waals surface area (Å²) in [6.07, 6.45) is 3.73. The van der Waals surface area contributed by atoms with Crippen molar-refractivity contribution < 1.29 is 9.53 Å². The van der Waals surface area contributed by atoms with Crippen molar-refractivity contribution >= 4 is 5.78 Å². The molecular formula is C18H21NO2. The van der Waals surface area contributed by atoms with Crippen LogP contribution < -0.4 is 4.74 Å². The predicted octanol–water partition coefficient (Wildman–Crippen LogP) is 2.23. The number of rotatable bonds is 0. The summed E-state index contributed by atoms with van der Waals surface area (Å²) < 4.78 is 6.29. The number of benzene rings is 1. The van der Waals surface area contributed by atoms with Gasteiger partial charge in [-0.2, -0.15) is 0 Å². The third kappa shape index (κ3) is 1.24. The lowest BCUT2D eigenvalue weighted by Gasteiger charge is -2.57. The van der Waals surface area contributed by atoms with E-state index in [0.717, 1.165) is 31.6 Å². The molecule has 2 bridgehead atoms. The zero-order valence-electron chi connectivity index (χ0n) is 12.7. The monoisotopic (exact) mass is 283 g/mol. The van der Waals surface area contributed by atoms with Crippen LogP contribution in [0.2, 0.25) is 0 Å². The molecule has 0 N–H and O–H groups in total. The Balaban J connectivity index is 1.83. The maximum absolute atomic E-state index is 12.6. The minimum atomic E-state index is -0.206. The van der Waals surface area contributed by atoms with Crippen molar-refractivity contribution in [3.63, 3.8) is 0 Å². The molecule has 2 aliphatic heterocycles. The predicted molar refractivity (Wildman–Crippen MR) is 79.7 cm³/mol. The first-order valence-electron chi connectivity index (χ1n) is 8.15. The van der Waals surface area contributed by atoms with Crippen molar-refractivity contribution in [1.82, 2.24) is 4.90 Å². The molecule has 1 aromatic rings. The highest BCUT2D eigenvalue weighted by atomic mass is 16.5. The normalized spacial score (nSPS) is 39.9. The summed E-state index contributed by atoms with van der Waals surface area (Å²) in [6, 6.07) is 5.03. The Kier molecular flexibility index (Phi) is 2.15. The zero-order chi connectivity index (χ0) is 14.4. The van der Waals surface area contributed by atoms with Crippen LogP contribution in [0.4, 0.5) is 0 Å². The Bertz CT molecular complexity index is 667. The summed E-state index contributed by atoms with van der Waals surface area (Å²) in [5, 5.41) is 0. The van der Waals surface area contributed by atoms with Gasteiger partial charge in [-0.3, -0.25) is 4.79 Å². The Morgan fingerprint density at radius 1 is 1.38 bits per heavy atom. The van der Waals surface area contributed by atoms with E-state index in [1.807, 2.05) is 0 Å². The molecule has 4 aliphatic rings. The molecule has 1 unspecified atom stereocenters. The standard InChI is InChI=1S/C18H21NO2/c1-10-3-4-11-9-13-12-5-6-14(20)17-18(12,7-8-19(13)2)15(11)16(10)21-17/h3-4,12-13,17H,5-9H2,1-2H3/t12?,13-,17+,18+/m1/s1. The lowest BCUT2D eigenvalue weighted by Crippen LogP contribution is -2.65. The molecular weight excluding hydrogens is 262 g/mol. The van der Waals surface area contributed by atoms with Crippen LogP contribution in [0, 0.1) is 12.8 Å². The molecule has 2 aliphatic carbocycles. The molecule has 1 saturated heterocycles. The van der Waals surface area contributed by atoms with Crippen molar-refractivity contribution in [3.8, 4) is 5.75 Å². The number of likely N-dealkylation sites (N-methyl/N-ethyl adjacent to an activating group) is 1. The minimum Gasteiger partial charge on any atom is -0.481 e. The van der Waals surface area contributed by atoms with Gasteiger partial charge in [-0.05, 0) is 56.8 Å². The van der Waals surface area contributed by atoms with E-state index in [1.54, 1.807) is 0 Å². The van der Waals surface area contributed by atoms with E-state index in [0.29, 0.717) is 24.2 Å². The van der Waals surface area contributed by atoms with Crippen LogP contribution in [0.25, 0.3) is 0 Å². The molecule has 2 heterocycles. The van der Waals surface area contributed by atoms with Gasteiger partial charge in [0, 0.05) is 23.4 Å². The highest BCUT2D eigenvalue weighted by Gasteiger charge is 2.65. The van der Waals surface area contributed by atoms with Crippen LogP contribution in [0.15, 0.2) is 12.1 Å². The molecule has 5 rings (SSSR count). The fourth-order valence-corrected chi connectivity index (χ4v) is 5.67. The number of hydrogen-bond donors (Lipinski definition) is 0. The Morgan fingerprint density at radius 2 is 2.24 bits per heavy atom. The number of aryl methyl sites for hydroxylation is 1. The highest BCUT2D eigenvalue weighted by Crippen LogP contribution is 2.61. The van der Waals surface area contributed by atoms with Crippen LogP contribution in [-0.2, 0) is 16.6 Å². The summed E-state index contributed by atoms with van der Waals surface area (Å²) in [6.45, 7) is 3.20. The highest BCUT2D eigenvalue weighted by molar-refractivity contribution is 5.89. The van der Waals surface area contributed by atoms with Gasteiger partial charge in [-0.1, -0.05) is 12.1 Å². The molecule has 1 aromatic carbocycles. The fraction of sp³-hybridized carbons (Fsp3) is 0.611. The molecule has 0 radical (unpaired) electrons.